The molecule has 1 aromatic rings. The maximum atomic E-state index is 13.6. The summed E-state index contributed by atoms with van der Waals surface area (Å²) in [5.41, 5.74) is 5.31. The predicted octanol–water partition coefficient (Wildman–Crippen LogP) is 0.987. The molecule has 0 amide bonds. The Balaban J connectivity index is 1.99. The molecule has 0 radical (unpaired) electrons. The maximum absolute atomic E-state index is 13.6. The highest BCUT2D eigenvalue weighted by molar-refractivity contribution is 7.85. The monoisotopic (exact) mass is 290 g/mol. The Hall–Kier alpha value is -1.05. The topological polar surface area (TPSA) is 55.6 Å². The third kappa shape index (κ3) is 3.71. The number of anilines is 1. The van der Waals surface area contributed by atoms with Gasteiger partial charge in [-0.2, -0.15) is 0 Å². The molecule has 1 saturated heterocycles. The van der Waals surface area contributed by atoms with Crippen LogP contribution in [0.1, 0.15) is 0 Å². The summed E-state index contributed by atoms with van der Waals surface area (Å²) in [5, 5.41) is 0. The number of morpholine rings is 1. The Morgan fingerprint density at radius 2 is 1.84 bits per heavy atom. The smallest absolute Gasteiger partial charge is 0.144 e. The van der Waals surface area contributed by atoms with E-state index in [2.05, 4.69) is 4.90 Å². The van der Waals surface area contributed by atoms with E-state index in [-0.39, 0.29) is 16.3 Å². The first kappa shape index (κ1) is 14.4. The van der Waals surface area contributed by atoms with Crippen molar-refractivity contribution in [3.05, 3.63) is 23.8 Å². The van der Waals surface area contributed by atoms with E-state index in [0.29, 0.717) is 19.8 Å². The van der Waals surface area contributed by atoms with Gasteiger partial charge >= 0.3 is 0 Å². The van der Waals surface area contributed by atoms with Crippen LogP contribution in [0.3, 0.4) is 0 Å². The van der Waals surface area contributed by atoms with Gasteiger partial charge in [-0.1, -0.05) is 0 Å². The lowest BCUT2D eigenvalue weighted by Crippen LogP contribution is -2.38. The number of hydrogen-bond donors (Lipinski definition) is 1. The van der Waals surface area contributed by atoms with Crippen molar-refractivity contribution in [1.82, 2.24) is 4.90 Å². The Bertz CT molecular complexity index is 456. The molecule has 19 heavy (non-hydrogen) atoms. The molecular formula is C12H16F2N2O2S. The lowest BCUT2D eigenvalue weighted by atomic mass is 10.3. The molecule has 4 nitrogen and oxygen atoms in total. The molecule has 1 heterocycles. The van der Waals surface area contributed by atoms with Crippen molar-refractivity contribution < 1.29 is 17.7 Å². The van der Waals surface area contributed by atoms with Crippen LogP contribution in [-0.4, -0.2) is 47.7 Å². The summed E-state index contributed by atoms with van der Waals surface area (Å²) in [7, 11) is -1.70. The van der Waals surface area contributed by atoms with E-state index in [0.717, 1.165) is 25.2 Å². The summed E-state index contributed by atoms with van der Waals surface area (Å²) >= 11 is 0. The first-order chi connectivity index (χ1) is 9.08. The third-order valence-corrected chi connectivity index (χ3v) is 4.34. The minimum Gasteiger partial charge on any atom is -0.399 e. The molecule has 1 atom stereocenters. The van der Waals surface area contributed by atoms with Crippen LogP contribution in [0.5, 0.6) is 0 Å². The maximum Gasteiger partial charge on any atom is 0.144 e. The van der Waals surface area contributed by atoms with Gasteiger partial charge in [-0.25, -0.2) is 8.78 Å². The van der Waals surface area contributed by atoms with Crippen molar-refractivity contribution in [3.8, 4) is 0 Å². The zero-order valence-corrected chi connectivity index (χ0v) is 11.2. The fraction of sp³-hybridized carbons (Fsp3) is 0.500. The molecule has 1 aliphatic heterocycles. The first-order valence-corrected chi connectivity index (χ1v) is 7.33. The highest BCUT2D eigenvalue weighted by Crippen LogP contribution is 2.20. The van der Waals surface area contributed by atoms with E-state index in [9.17, 15) is 13.0 Å². The fourth-order valence-electron chi connectivity index (χ4n) is 1.94. The Morgan fingerprint density at radius 3 is 2.42 bits per heavy atom. The molecule has 1 aromatic carbocycles. The molecule has 2 N–H and O–H groups in total. The number of nitrogen functional groups attached to an aromatic ring is 1. The Kier molecular flexibility index (Phi) is 4.84. The molecule has 1 aliphatic rings. The molecule has 1 unspecified atom stereocenters. The molecule has 0 saturated carbocycles. The summed E-state index contributed by atoms with van der Waals surface area (Å²) in [4.78, 5) is 1.68. The van der Waals surface area contributed by atoms with Crippen LogP contribution in [0.25, 0.3) is 0 Å². The molecule has 106 valence electrons. The average Bonchev–Trinajstić information content (AvgIpc) is 2.36. The molecule has 1 fully saturated rings. The minimum atomic E-state index is -1.70. The zero-order chi connectivity index (χ0) is 13.8. The molecule has 0 spiro atoms. The van der Waals surface area contributed by atoms with Crippen LogP contribution >= 0.6 is 0 Å². The van der Waals surface area contributed by atoms with Crippen LogP contribution < -0.4 is 5.73 Å². The highest BCUT2D eigenvalue weighted by Gasteiger charge is 2.18. The quantitative estimate of drug-likeness (QED) is 0.840. The lowest BCUT2D eigenvalue weighted by Gasteiger charge is -2.26. The molecule has 0 aromatic heterocycles. The van der Waals surface area contributed by atoms with Crippen LogP contribution in [-0.2, 0) is 15.5 Å². The standard InChI is InChI=1S/C12H16F2N2O2S/c13-10-7-9(15)8-11(14)12(10)19(17)6-3-16-1-4-18-5-2-16/h7-8H,1-6,15H2. The largest absolute Gasteiger partial charge is 0.399 e. The van der Waals surface area contributed by atoms with Gasteiger partial charge in [-0.3, -0.25) is 9.11 Å². The summed E-state index contributed by atoms with van der Waals surface area (Å²) in [6.07, 6.45) is 0. The van der Waals surface area contributed by atoms with Gasteiger partial charge in [0.25, 0.3) is 0 Å². The predicted molar refractivity (Wildman–Crippen MR) is 69.3 cm³/mol. The van der Waals surface area contributed by atoms with E-state index in [4.69, 9.17) is 10.5 Å². The number of nitrogens with two attached hydrogens (primary N) is 1. The van der Waals surface area contributed by atoms with E-state index >= 15 is 0 Å². The molecular weight excluding hydrogens is 274 g/mol. The number of rotatable bonds is 4. The van der Waals surface area contributed by atoms with Gasteiger partial charge in [0.1, 0.15) is 16.5 Å². The van der Waals surface area contributed by atoms with Crippen LogP contribution in [0.4, 0.5) is 14.5 Å². The number of ether oxygens (including phenoxy) is 1. The second-order valence-electron chi connectivity index (χ2n) is 4.32. The van der Waals surface area contributed by atoms with Gasteiger partial charge in [0.15, 0.2) is 0 Å². The van der Waals surface area contributed by atoms with Crippen LogP contribution in [0.15, 0.2) is 17.0 Å². The van der Waals surface area contributed by atoms with Crippen LogP contribution in [0.2, 0.25) is 0 Å². The summed E-state index contributed by atoms with van der Waals surface area (Å²) < 4.78 is 44.3. The van der Waals surface area contributed by atoms with E-state index in [1.165, 1.54) is 0 Å². The lowest BCUT2D eigenvalue weighted by molar-refractivity contribution is 0.0409. The van der Waals surface area contributed by atoms with Crippen molar-refractivity contribution in [2.75, 3.05) is 44.3 Å². The van der Waals surface area contributed by atoms with Crippen molar-refractivity contribution >= 4 is 16.5 Å². The summed E-state index contributed by atoms with van der Waals surface area (Å²) in [5.74, 6) is -1.51. The molecule has 0 bridgehead atoms. The van der Waals surface area contributed by atoms with Gasteiger partial charge in [0.2, 0.25) is 0 Å². The number of halogens is 2. The summed E-state index contributed by atoms with van der Waals surface area (Å²) in [6, 6.07) is 1.98. The fourth-order valence-corrected chi connectivity index (χ4v) is 3.12. The number of hydrogen-bond acceptors (Lipinski definition) is 4. The Morgan fingerprint density at radius 1 is 1.26 bits per heavy atom. The Labute approximate surface area is 113 Å². The van der Waals surface area contributed by atoms with Gasteiger partial charge in [-0.15, -0.1) is 0 Å². The SMILES string of the molecule is Nc1cc(F)c(S(=O)CCN2CCOCC2)c(F)c1. The van der Waals surface area contributed by atoms with Gasteiger partial charge in [-0.05, 0) is 12.1 Å². The van der Waals surface area contributed by atoms with E-state index in [1.807, 2.05) is 0 Å². The second-order valence-corrected chi connectivity index (χ2v) is 5.82. The molecule has 0 aliphatic carbocycles. The first-order valence-electron chi connectivity index (χ1n) is 6.01. The van der Waals surface area contributed by atoms with Gasteiger partial charge in [0, 0.05) is 31.1 Å². The summed E-state index contributed by atoms with van der Waals surface area (Å²) in [6.45, 7) is 3.31. The average molecular weight is 290 g/mol. The zero-order valence-electron chi connectivity index (χ0n) is 10.4. The van der Waals surface area contributed by atoms with Crippen molar-refractivity contribution in [2.45, 2.75) is 4.90 Å². The highest BCUT2D eigenvalue weighted by atomic mass is 32.2. The van der Waals surface area contributed by atoms with Gasteiger partial charge in [0.05, 0.1) is 24.0 Å². The molecule has 7 heteroatoms. The van der Waals surface area contributed by atoms with Gasteiger partial charge < -0.3 is 10.5 Å². The van der Waals surface area contributed by atoms with E-state index < -0.39 is 22.4 Å². The number of nitrogens with zero attached hydrogens (tertiary/aromatic N) is 1. The van der Waals surface area contributed by atoms with Crippen molar-refractivity contribution in [2.24, 2.45) is 0 Å². The normalized spacial score (nSPS) is 18.4. The molecule has 2 rings (SSSR count). The third-order valence-electron chi connectivity index (χ3n) is 2.94. The van der Waals surface area contributed by atoms with Crippen molar-refractivity contribution in [3.63, 3.8) is 0 Å². The van der Waals surface area contributed by atoms with Crippen LogP contribution in [0, 0.1) is 11.6 Å². The number of benzene rings is 1. The van der Waals surface area contributed by atoms with E-state index in [1.54, 1.807) is 0 Å². The minimum absolute atomic E-state index is 0.0103. The van der Waals surface area contributed by atoms with Crippen molar-refractivity contribution in [1.29, 1.82) is 0 Å². The second kappa shape index (κ2) is 6.40.